The molecule has 4 rings (SSSR count). The van der Waals surface area contributed by atoms with Gasteiger partial charge in [0.2, 0.25) is 0 Å². The maximum atomic E-state index is 12.0. The molecule has 1 aromatic rings. The quantitative estimate of drug-likeness (QED) is 0.652. The van der Waals surface area contributed by atoms with Crippen molar-refractivity contribution in [2.24, 2.45) is 5.10 Å². The van der Waals surface area contributed by atoms with Crippen molar-refractivity contribution >= 4 is 23.4 Å². The van der Waals surface area contributed by atoms with Gasteiger partial charge in [-0.3, -0.25) is 4.79 Å². The molecular weight excluding hydrogens is 421 g/mol. The van der Waals surface area contributed by atoms with Crippen molar-refractivity contribution in [3.8, 4) is 11.5 Å². The summed E-state index contributed by atoms with van der Waals surface area (Å²) in [5.41, 5.74) is 4.51. The van der Waals surface area contributed by atoms with Crippen molar-refractivity contribution in [1.82, 2.24) is 10.7 Å². The molecule has 31 heavy (non-hydrogen) atoms. The van der Waals surface area contributed by atoms with Gasteiger partial charge in [-0.1, -0.05) is 13.8 Å². The number of rotatable bonds is 3. The minimum atomic E-state index is -5.08. The summed E-state index contributed by atoms with van der Waals surface area (Å²) in [6, 6.07) is 3.70. The van der Waals surface area contributed by atoms with Gasteiger partial charge in [0.1, 0.15) is 30.3 Å². The Morgan fingerprint density at radius 1 is 1.35 bits per heavy atom. The smallest absolute Gasteiger partial charge is 0.487 e. The number of hydrazone groups is 1. The first-order valence-electron chi connectivity index (χ1n) is 9.63. The molecule has 0 bridgehead atoms. The van der Waals surface area contributed by atoms with Crippen molar-refractivity contribution < 1.29 is 37.3 Å². The minimum absolute atomic E-state index is 0.120. The monoisotopic (exact) mass is 444 g/mol. The standard InChI is InChI=1S/C17H22N4O3.C2HF3O2/c1-9(2)12-4-15-13(5-14(12)24-11-6-18-7-11)21-10(3)17(22)20-19-16(21)8-23-15;3-2(4,5)1(6)7/h4-5,9-11,18H,6-8H2,1-3H3,(H,20,22);(H,6,7)/t10-;/m1./s1. The predicted molar refractivity (Wildman–Crippen MR) is 105 cm³/mol. The number of anilines is 1. The molecule has 0 saturated carbocycles. The van der Waals surface area contributed by atoms with Crippen LogP contribution in [0.5, 0.6) is 11.5 Å². The van der Waals surface area contributed by atoms with Crippen LogP contribution in [0.25, 0.3) is 0 Å². The first-order valence-corrected chi connectivity index (χ1v) is 9.63. The third-order valence-corrected chi connectivity index (χ3v) is 4.95. The van der Waals surface area contributed by atoms with E-state index in [2.05, 4.69) is 29.7 Å². The first-order chi connectivity index (χ1) is 14.5. The van der Waals surface area contributed by atoms with Crippen molar-refractivity contribution in [3.63, 3.8) is 0 Å². The summed E-state index contributed by atoms with van der Waals surface area (Å²) in [6.07, 6.45) is -4.89. The van der Waals surface area contributed by atoms with E-state index < -0.39 is 12.1 Å². The predicted octanol–water partition coefficient (Wildman–Crippen LogP) is 1.82. The molecule has 1 amide bonds. The molecule has 1 aromatic carbocycles. The summed E-state index contributed by atoms with van der Waals surface area (Å²) in [5, 5.41) is 14.5. The molecule has 3 heterocycles. The number of fused-ring (bicyclic) bond motifs is 3. The van der Waals surface area contributed by atoms with Gasteiger partial charge < -0.3 is 24.8 Å². The Bertz CT molecular complexity index is 899. The number of nitrogens with one attached hydrogen (secondary N) is 2. The van der Waals surface area contributed by atoms with E-state index in [9.17, 15) is 18.0 Å². The van der Waals surface area contributed by atoms with Crippen molar-refractivity contribution in [1.29, 1.82) is 0 Å². The van der Waals surface area contributed by atoms with Crippen LogP contribution in [0.4, 0.5) is 18.9 Å². The number of benzene rings is 1. The molecule has 1 atom stereocenters. The average molecular weight is 444 g/mol. The van der Waals surface area contributed by atoms with Gasteiger partial charge in [0.25, 0.3) is 5.91 Å². The highest BCUT2D eigenvalue weighted by Gasteiger charge is 2.38. The van der Waals surface area contributed by atoms with E-state index >= 15 is 0 Å². The van der Waals surface area contributed by atoms with Crippen molar-refractivity contribution in [2.45, 2.75) is 45.0 Å². The number of amidine groups is 1. The van der Waals surface area contributed by atoms with Gasteiger partial charge >= 0.3 is 12.1 Å². The summed E-state index contributed by atoms with van der Waals surface area (Å²) < 4.78 is 43.8. The Hall–Kier alpha value is -3.02. The van der Waals surface area contributed by atoms with Gasteiger partial charge in [0, 0.05) is 24.7 Å². The molecule has 0 spiro atoms. The lowest BCUT2D eigenvalue weighted by atomic mass is 9.99. The van der Waals surface area contributed by atoms with Crippen LogP contribution in [0.3, 0.4) is 0 Å². The highest BCUT2D eigenvalue weighted by atomic mass is 19.4. The normalized spacial score (nSPS) is 20.2. The molecule has 0 radical (unpaired) electrons. The third kappa shape index (κ3) is 4.84. The van der Waals surface area contributed by atoms with E-state index in [0.29, 0.717) is 18.4 Å². The fraction of sp³-hybridized carbons (Fsp3) is 0.526. The Morgan fingerprint density at radius 2 is 2.00 bits per heavy atom. The van der Waals surface area contributed by atoms with Crippen molar-refractivity contribution in [2.75, 3.05) is 24.6 Å². The number of carbonyl (C=O) groups excluding carboxylic acids is 1. The second-order valence-electron chi connectivity index (χ2n) is 7.55. The number of carboxylic acid groups (broad SMARTS) is 1. The second-order valence-corrected chi connectivity index (χ2v) is 7.55. The molecule has 3 N–H and O–H groups in total. The number of ether oxygens (including phenoxy) is 2. The number of carbonyl (C=O) groups is 2. The van der Waals surface area contributed by atoms with E-state index in [1.165, 1.54) is 0 Å². The Balaban J connectivity index is 0.000000339. The van der Waals surface area contributed by atoms with E-state index in [1.807, 2.05) is 24.0 Å². The van der Waals surface area contributed by atoms with Crippen molar-refractivity contribution in [3.05, 3.63) is 17.7 Å². The Labute approximate surface area is 176 Å². The lowest BCUT2D eigenvalue weighted by Crippen LogP contribution is -2.55. The zero-order valence-electron chi connectivity index (χ0n) is 17.1. The number of aliphatic carboxylic acids is 1. The van der Waals surface area contributed by atoms with E-state index in [-0.39, 0.29) is 18.1 Å². The largest absolute Gasteiger partial charge is 0.490 e. The minimum Gasteiger partial charge on any atom is -0.487 e. The van der Waals surface area contributed by atoms with E-state index in [1.54, 1.807) is 0 Å². The number of carboxylic acids is 1. The maximum absolute atomic E-state index is 12.0. The van der Waals surface area contributed by atoms with Gasteiger partial charge in [-0.15, -0.1) is 0 Å². The molecule has 0 unspecified atom stereocenters. The Kier molecular flexibility index (Phi) is 6.30. The summed E-state index contributed by atoms with van der Waals surface area (Å²) in [6.45, 7) is 8.22. The molecule has 3 aliphatic rings. The molecule has 1 fully saturated rings. The maximum Gasteiger partial charge on any atom is 0.490 e. The fourth-order valence-corrected chi connectivity index (χ4v) is 3.15. The molecular formula is C19H23F3N4O5. The topological polar surface area (TPSA) is 112 Å². The van der Waals surface area contributed by atoms with Crippen LogP contribution in [-0.4, -0.2) is 60.8 Å². The molecule has 0 aliphatic carbocycles. The number of alkyl halides is 3. The van der Waals surface area contributed by atoms with Gasteiger partial charge in [-0.25, -0.2) is 10.2 Å². The van der Waals surface area contributed by atoms with E-state index in [0.717, 1.165) is 35.8 Å². The molecule has 170 valence electrons. The zero-order chi connectivity index (χ0) is 22.9. The van der Waals surface area contributed by atoms with Crippen LogP contribution in [0.1, 0.15) is 32.3 Å². The molecule has 12 heteroatoms. The summed E-state index contributed by atoms with van der Waals surface area (Å²) >= 11 is 0. The SMILES string of the molecule is CC(C)c1cc2c(cc1OC1CNC1)N1C(=NNC(=O)[C@H]1C)CO2.O=C(O)C(F)(F)F. The van der Waals surface area contributed by atoms with Gasteiger partial charge in [-0.05, 0) is 18.9 Å². The fourth-order valence-electron chi connectivity index (χ4n) is 3.15. The molecule has 1 saturated heterocycles. The molecule has 3 aliphatic heterocycles. The van der Waals surface area contributed by atoms with Crippen LogP contribution in [0.15, 0.2) is 17.2 Å². The highest BCUT2D eigenvalue weighted by Crippen LogP contribution is 2.42. The van der Waals surface area contributed by atoms with Crippen LogP contribution >= 0.6 is 0 Å². The molecule has 9 nitrogen and oxygen atoms in total. The number of amides is 1. The average Bonchev–Trinajstić information content (AvgIpc) is 2.66. The number of hydrogen-bond acceptors (Lipinski definition) is 7. The summed E-state index contributed by atoms with van der Waals surface area (Å²) in [5.74, 6) is -0.212. The zero-order valence-corrected chi connectivity index (χ0v) is 17.1. The van der Waals surface area contributed by atoms with Crippen LogP contribution < -0.4 is 25.1 Å². The number of hydrogen-bond donors (Lipinski definition) is 3. The number of nitrogens with zero attached hydrogens (tertiary/aromatic N) is 2. The molecule has 0 aromatic heterocycles. The first kappa shape index (κ1) is 22.7. The van der Waals surface area contributed by atoms with Gasteiger partial charge in [0.05, 0.1) is 5.69 Å². The summed E-state index contributed by atoms with van der Waals surface area (Å²) in [7, 11) is 0. The second kappa shape index (κ2) is 8.61. The van der Waals surface area contributed by atoms with Crippen LogP contribution in [0, 0.1) is 0 Å². The van der Waals surface area contributed by atoms with Crippen LogP contribution in [0.2, 0.25) is 0 Å². The third-order valence-electron chi connectivity index (χ3n) is 4.95. The Morgan fingerprint density at radius 3 is 2.52 bits per heavy atom. The van der Waals surface area contributed by atoms with Crippen LogP contribution in [-0.2, 0) is 9.59 Å². The lowest BCUT2D eigenvalue weighted by molar-refractivity contribution is -0.192. The lowest BCUT2D eigenvalue weighted by Gasteiger charge is -2.39. The van der Waals surface area contributed by atoms with Gasteiger partial charge in [-0.2, -0.15) is 18.3 Å². The highest BCUT2D eigenvalue weighted by molar-refractivity contribution is 6.09. The number of halogens is 3. The van der Waals surface area contributed by atoms with E-state index in [4.69, 9.17) is 19.4 Å². The summed E-state index contributed by atoms with van der Waals surface area (Å²) in [4.78, 5) is 22.8. The van der Waals surface area contributed by atoms with Gasteiger partial charge in [0.15, 0.2) is 5.84 Å².